The van der Waals surface area contributed by atoms with Gasteiger partial charge in [0.05, 0.1) is 0 Å². The summed E-state index contributed by atoms with van der Waals surface area (Å²) in [6, 6.07) is 3.15. The Hall–Kier alpha value is -1.78. The molecule has 0 aromatic carbocycles. The summed E-state index contributed by atoms with van der Waals surface area (Å²) < 4.78 is 1.72. The normalized spacial score (nSPS) is 12.2. The van der Waals surface area contributed by atoms with Gasteiger partial charge in [-0.2, -0.15) is 0 Å². The summed E-state index contributed by atoms with van der Waals surface area (Å²) in [5.74, 6) is -1.55. The summed E-state index contributed by atoms with van der Waals surface area (Å²) in [6.45, 7) is 0. The predicted octanol–water partition coefficient (Wildman–Crippen LogP) is 2.93. The number of hydrogen-bond acceptors (Lipinski definition) is 2. The Morgan fingerprint density at radius 2 is 1.53 bits per heavy atom. The smallest absolute Gasteiger partial charge is 0.326 e. The highest BCUT2D eigenvalue weighted by molar-refractivity contribution is 5.71. The van der Waals surface area contributed by atoms with Gasteiger partial charge in [-0.05, 0) is 25.0 Å². The van der Waals surface area contributed by atoms with Gasteiger partial charge in [0.15, 0.2) is 0 Å². The van der Waals surface area contributed by atoms with Crippen LogP contribution in [0.2, 0.25) is 0 Å². The Kier molecular flexibility index (Phi) is 6.71. The third kappa shape index (κ3) is 6.08. The average molecular weight is 267 g/mol. The van der Waals surface area contributed by atoms with Crippen LogP contribution in [0.4, 0.5) is 0 Å². The van der Waals surface area contributed by atoms with E-state index in [1.165, 1.54) is 0 Å². The number of rotatable bonds is 10. The molecular formula is C14H21NO4. The van der Waals surface area contributed by atoms with Gasteiger partial charge in [-0.1, -0.05) is 25.7 Å². The Morgan fingerprint density at radius 3 is 2.11 bits per heavy atom. The van der Waals surface area contributed by atoms with Gasteiger partial charge in [-0.25, -0.2) is 4.79 Å². The van der Waals surface area contributed by atoms with Crippen LogP contribution in [0.1, 0.15) is 51.0 Å². The summed E-state index contributed by atoms with van der Waals surface area (Å²) in [4.78, 5) is 21.5. The van der Waals surface area contributed by atoms with Crippen molar-refractivity contribution in [1.29, 1.82) is 0 Å². The number of aromatic nitrogens is 1. The first-order valence-corrected chi connectivity index (χ1v) is 6.68. The molecule has 1 atom stereocenters. The van der Waals surface area contributed by atoms with Crippen molar-refractivity contribution in [1.82, 2.24) is 4.57 Å². The molecule has 19 heavy (non-hydrogen) atoms. The van der Waals surface area contributed by atoms with Crippen molar-refractivity contribution in [2.75, 3.05) is 0 Å². The van der Waals surface area contributed by atoms with Gasteiger partial charge in [0.1, 0.15) is 6.04 Å². The first kappa shape index (κ1) is 15.3. The SMILES string of the molecule is O=C(O)CCCCCCCC(C(=O)O)n1cccc1. The minimum absolute atomic E-state index is 0.223. The molecule has 0 aliphatic rings. The van der Waals surface area contributed by atoms with E-state index >= 15 is 0 Å². The molecule has 0 fully saturated rings. The lowest BCUT2D eigenvalue weighted by molar-refractivity contribution is -0.141. The monoisotopic (exact) mass is 267 g/mol. The third-order valence-corrected chi connectivity index (χ3v) is 3.14. The minimum atomic E-state index is -0.804. The largest absolute Gasteiger partial charge is 0.481 e. The molecule has 0 aliphatic heterocycles. The lowest BCUT2D eigenvalue weighted by atomic mass is 10.1. The molecule has 0 spiro atoms. The average Bonchev–Trinajstić information content (AvgIpc) is 2.85. The van der Waals surface area contributed by atoms with Crippen LogP contribution >= 0.6 is 0 Å². The van der Waals surface area contributed by atoms with E-state index in [9.17, 15) is 9.59 Å². The molecule has 1 aromatic heterocycles. The Morgan fingerprint density at radius 1 is 0.947 bits per heavy atom. The van der Waals surface area contributed by atoms with Gasteiger partial charge in [0.2, 0.25) is 0 Å². The molecule has 1 aromatic rings. The molecule has 1 heterocycles. The zero-order valence-corrected chi connectivity index (χ0v) is 11.0. The van der Waals surface area contributed by atoms with Crippen molar-refractivity contribution in [2.24, 2.45) is 0 Å². The van der Waals surface area contributed by atoms with Crippen molar-refractivity contribution in [3.05, 3.63) is 24.5 Å². The number of nitrogens with zero attached hydrogens (tertiary/aromatic N) is 1. The number of carboxylic acid groups (broad SMARTS) is 2. The zero-order valence-electron chi connectivity index (χ0n) is 11.0. The van der Waals surface area contributed by atoms with Crippen molar-refractivity contribution in [3.8, 4) is 0 Å². The third-order valence-electron chi connectivity index (χ3n) is 3.14. The molecular weight excluding hydrogens is 246 g/mol. The van der Waals surface area contributed by atoms with Crippen LogP contribution in [0.25, 0.3) is 0 Å². The molecule has 106 valence electrons. The molecule has 1 unspecified atom stereocenters. The molecule has 5 nitrogen and oxygen atoms in total. The van der Waals surface area contributed by atoms with Crippen LogP contribution < -0.4 is 0 Å². The standard InChI is InChI=1S/C14H21NO4/c16-13(17)9-5-3-1-2-4-8-12(14(18)19)15-10-6-7-11-15/h6-7,10-12H,1-5,8-9H2,(H,16,17)(H,18,19). The second kappa shape index (κ2) is 8.34. The fraction of sp³-hybridized carbons (Fsp3) is 0.571. The molecule has 1 rings (SSSR count). The van der Waals surface area contributed by atoms with Crippen LogP contribution in [-0.4, -0.2) is 26.7 Å². The number of carboxylic acids is 2. The summed E-state index contributed by atoms with van der Waals surface area (Å²) in [6.07, 6.45) is 8.74. The van der Waals surface area contributed by atoms with E-state index in [0.717, 1.165) is 25.7 Å². The number of unbranched alkanes of at least 4 members (excludes halogenated alkanes) is 4. The second-order valence-corrected chi connectivity index (χ2v) is 4.68. The first-order chi connectivity index (χ1) is 9.11. The van der Waals surface area contributed by atoms with Gasteiger partial charge in [0, 0.05) is 18.8 Å². The van der Waals surface area contributed by atoms with Crippen LogP contribution in [0.5, 0.6) is 0 Å². The van der Waals surface area contributed by atoms with Crippen LogP contribution in [0.15, 0.2) is 24.5 Å². The van der Waals surface area contributed by atoms with Crippen LogP contribution in [-0.2, 0) is 9.59 Å². The topological polar surface area (TPSA) is 79.5 Å². The van der Waals surface area contributed by atoms with E-state index in [4.69, 9.17) is 10.2 Å². The predicted molar refractivity (Wildman–Crippen MR) is 71.1 cm³/mol. The van der Waals surface area contributed by atoms with E-state index in [-0.39, 0.29) is 6.42 Å². The van der Waals surface area contributed by atoms with Crippen molar-refractivity contribution < 1.29 is 19.8 Å². The summed E-state index contributed by atoms with van der Waals surface area (Å²) in [7, 11) is 0. The van der Waals surface area contributed by atoms with E-state index in [1.54, 1.807) is 17.0 Å². The van der Waals surface area contributed by atoms with Gasteiger partial charge >= 0.3 is 11.9 Å². The summed E-state index contributed by atoms with van der Waals surface area (Å²) in [5.41, 5.74) is 0. The summed E-state index contributed by atoms with van der Waals surface area (Å²) >= 11 is 0. The van der Waals surface area contributed by atoms with Crippen LogP contribution in [0.3, 0.4) is 0 Å². The highest BCUT2D eigenvalue weighted by Crippen LogP contribution is 2.17. The first-order valence-electron chi connectivity index (χ1n) is 6.68. The lowest BCUT2D eigenvalue weighted by Crippen LogP contribution is -2.17. The molecule has 5 heteroatoms. The van der Waals surface area contributed by atoms with E-state index < -0.39 is 18.0 Å². The van der Waals surface area contributed by atoms with Crippen molar-refractivity contribution in [3.63, 3.8) is 0 Å². The van der Waals surface area contributed by atoms with Gasteiger partial charge in [-0.15, -0.1) is 0 Å². The molecule has 0 aliphatic carbocycles. The lowest BCUT2D eigenvalue weighted by Gasteiger charge is -2.14. The number of aliphatic carboxylic acids is 2. The van der Waals surface area contributed by atoms with Gasteiger partial charge < -0.3 is 14.8 Å². The zero-order chi connectivity index (χ0) is 14.1. The molecule has 0 saturated carbocycles. The van der Waals surface area contributed by atoms with E-state index in [2.05, 4.69) is 0 Å². The summed E-state index contributed by atoms with van der Waals surface area (Å²) in [5, 5.41) is 17.6. The maximum absolute atomic E-state index is 11.2. The van der Waals surface area contributed by atoms with Gasteiger partial charge in [0.25, 0.3) is 0 Å². The fourth-order valence-corrected chi connectivity index (χ4v) is 2.10. The second-order valence-electron chi connectivity index (χ2n) is 4.68. The fourth-order valence-electron chi connectivity index (χ4n) is 2.10. The molecule has 0 saturated heterocycles. The van der Waals surface area contributed by atoms with E-state index in [1.807, 2.05) is 12.1 Å². The highest BCUT2D eigenvalue weighted by atomic mass is 16.4. The Bertz CT molecular complexity index is 386. The molecule has 0 bridgehead atoms. The molecule has 0 radical (unpaired) electrons. The maximum atomic E-state index is 11.2. The minimum Gasteiger partial charge on any atom is -0.481 e. The van der Waals surface area contributed by atoms with Gasteiger partial charge in [-0.3, -0.25) is 4.79 Å². The molecule has 2 N–H and O–H groups in total. The molecule has 0 amide bonds. The quantitative estimate of drug-likeness (QED) is 0.639. The van der Waals surface area contributed by atoms with E-state index in [0.29, 0.717) is 12.8 Å². The highest BCUT2D eigenvalue weighted by Gasteiger charge is 2.17. The Labute approximate surface area is 112 Å². The van der Waals surface area contributed by atoms with Crippen LogP contribution in [0, 0.1) is 0 Å². The Balaban J connectivity index is 2.16. The van der Waals surface area contributed by atoms with Crippen molar-refractivity contribution in [2.45, 2.75) is 51.0 Å². The number of carbonyl (C=O) groups is 2. The van der Waals surface area contributed by atoms with Crippen molar-refractivity contribution >= 4 is 11.9 Å². The number of hydrogen-bond donors (Lipinski definition) is 2. The maximum Gasteiger partial charge on any atom is 0.326 e.